The van der Waals surface area contributed by atoms with Crippen LogP contribution in [0.2, 0.25) is 0 Å². The molecule has 1 aromatic heterocycles. The Balaban J connectivity index is 1.73. The van der Waals surface area contributed by atoms with E-state index in [1.165, 1.54) is 18.2 Å². The van der Waals surface area contributed by atoms with Crippen molar-refractivity contribution in [1.29, 1.82) is 0 Å². The molecule has 136 valence electrons. The first kappa shape index (κ1) is 18.6. The molecule has 9 heteroatoms. The standard InChI is InChI=1S/C18H13N3O4S2/c22-17(20-18(27)19-12-6-2-4-8-16(12)26)15-10-9-14(25-15)11-5-1-3-7-13(11)21(23)24/h1-10,26H,(H2,19,20,22,27). The number of anilines is 1. The minimum atomic E-state index is -0.575. The molecular weight excluding hydrogens is 386 g/mol. The molecule has 0 atom stereocenters. The molecule has 0 aliphatic carbocycles. The minimum absolute atomic E-state index is 0.0218. The summed E-state index contributed by atoms with van der Waals surface area (Å²) in [4.78, 5) is 23.6. The third-order valence-electron chi connectivity index (χ3n) is 3.58. The lowest BCUT2D eigenvalue weighted by atomic mass is 10.1. The zero-order chi connectivity index (χ0) is 19.4. The van der Waals surface area contributed by atoms with E-state index in [9.17, 15) is 14.9 Å². The third kappa shape index (κ3) is 4.33. The second-order valence-electron chi connectivity index (χ2n) is 5.36. The van der Waals surface area contributed by atoms with Gasteiger partial charge in [0, 0.05) is 11.0 Å². The number of rotatable bonds is 4. The predicted molar refractivity (Wildman–Crippen MR) is 108 cm³/mol. The molecule has 27 heavy (non-hydrogen) atoms. The summed E-state index contributed by atoms with van der Waals surface area (Å²) in [7, 11) is 0. The van der Waals surface area contributed by atoms with Gasteiger partial charge in [-0.1, -0.05) is 24.3 Å². The fourth-order valence-corrected chi connectivity index (χ4v) is 2.76. The lowest BCUT2D eigenvalue weighted by Gasteiger charge is -2.10. The fraction of sp³-hybridized carbons (Fsp3) is 0. The van der Waals surface area contributed by atoms with Crippen LogP contribution in [0.15, 0.2) is 70.0 Å². The highest BCUT2D eigenvalue weighted by Crippen LogP contribution is 2.30. The van der Waals surface area contributed by atoms with Crippen LogP contribution in [0.1, 0.15) is 10.6 Å². The van der Waals surface area contributed by atoms with Crippen molar-refractivity contribution >= 4 is 47.2 Å². The Kier molecular flexibility index (Phi) is 5.53. The topological polar surface area (TPSA) is 97.4 Å². The molecule has 7 nitrogen and oxygen atoms in total. The maximum atomic E-state index is 12.3. The van der Waals surface area contributed by atoms with Gasteiger partial charge in [0.25, 0.3) is 11.6 Å². The number of carbonyl (C=O) groups is 1. The molecule has 0 aliphatic rings. The summed E-state index contributed by atoms with van der Waals surface area (Å²) in [5, 5.41) is 16.6. The van der Waals surface area contributed by atoms with E-state index in [4.69, 9.17) is 16.6 Å². The van der Waals surface area contributed by atoms with Gasteiger partial charge in [0.1, 0.15) is 5.76 Å². The summed E-state index contributed by atoms with van der Waals surface area (Å²) >= 11 is 9.41. The van der Waals surface area contributed by atoms with Crippen LogP contribution in [0.5, 0.6) is 0 Å². The molecule has 0 aliphatic heterocycles. The summed E-state index contributed by atoms with van der Waals surface area (Å²) in [6.07, 6.45) is 0. The molecule has 2 N–H and O–H groups in total. The molecule has 0 radical (unpaired) electrons. The SMILES string of the molecule is O=C(NC(=S)Nc1ccccc1S)c1ccc(-c2ccccc2[N+](=O)[O-])o1. The number of para-hydroxylation sites is 2. The van der Waals surface area contributed by atoms with E-state index in [0.717, 1.165) is 0 Å². The minimum Gasteiger partial charge on any atom is -0.451 e. The van der Waals surface area contributed by atoms with Gasteiger partial charge in [0.2, 0.25) is 0 Å². The molecule has 0 saturated carbocycles. The number of thiol groups is 1. The number of nitro groups is 1. The average molecular weight is 399 g/mol. The van der Waals surface area contributed by atoms with Crippen molar-refractivity contribution in [3.8, 4) is 11.3 Å². The van der Waals surface area contributed by atoms with E-state index in [-0.39, 0.29) is 27.9 Å². The summed E-state index contributed by atoms with van der Waals surface area (Å²) in [6, 6.07) is 16.2. The van der Waals surface area contributed by atoms with Crippen LogP contribution < -0.4 is 10.6 Å². The zero-order valence-electron chi connectivity index (χ0n) is 13.7. The van der Waals surface area contributed by atoms with Crippen LogP contribution in [-0.4, -0.2) is 15.9 Å². The third-order valence-corrected chi connectivity index (χ3v) is 4.17. The van der Waals surface area contributed by atoms with E-state index >= 15 is 0 Å². The number of hydrogen-bond donors (Lipinski definition) is 3. The molecular formula is C18H13N3O4S2. The first-order valence-electron chi connectivity index (χ1n) is 7.69. The molecule has 2 aromatic carbocycles. The van der Waals surface area contributed by atoms with Crippen molar-refractivity contribution in [2.75, 3.05) is 5.32 Å². The Labute approximate surface area is 164 Å². The smallest absolute Gasteiger partial charge is 0.293 e. The number of nitro benzene ring substituents is 1. The van der Waals surface area contributed by atoms with Gasteiger partial charge in [-0.3, -0.25) is 20.2 Å². The van der Waals surface area contributed by atoms with Crippen molar-refractivity contribution in [1.82, 2.24) is 5.32 Å². The van der Waals surface area contributed by atoms with Gasteiger partial charge in [-0.25, -0.2) is 0 Å². The lowest BCUT2D eigenvalue weighted by Crippen LogP contribution is -2.34. The molecule has 0 spiro atoms. The van der Waals surface area contributed by atoms with Gasteiger partial charge in [-0.05, 0) is 42.5 Å². The number of furan rings is 1. The molecule has 0 saturated heterocycles. The average Bonchev–Trinajstić information content (AvgIpc) is 3.14. The molecule has 1 heterocycles. The van der Waals surface area contributed by atoms with Gasteiger partial charge < -0.3 is 9.73 Å². The van der Waals surface area contributed by atoms with E-state index in [1.54, 1.807) is 36.4 Å². The maximum absolute atomic E-state index is 12.3. The highest BCUT2D eigenvalue weighted by Gasteiger charge is 2.19. The van der Waals surface area contributed by atoms with E-state index < -0.39 is 10.8 Å². The van der Waals surface area contributed by atoms with E-state index in [1.807, 2.05) is 6.07 Å². The van der Waals surface area contributed by atoms with Crippen LogP contribution in [0.25, 0.3) is 11.3 Å². The fourth-order valence-electron chi connectivity index (χ4n) is 2.34. The number of carbonyl (C=O) groups excluding carboxylic acids is 1. The number of thiocarbonyl (C=S) groups is 1. The maximum Gasteiger partial charge on any atom is 0.293 e. The van der Waals surface area contributed by atoms with Crippen molar-refractivity contribution in [2.24, 2.45) is 0 Å². The van der Waals surface area contributed by atoms with Crippen molar-refractivity contribution in [3.05, 3.63) is 76.5 Å². The van der Waals surface area contributed by atoms with Gasteiger partial charge in [0.05, 0.1) is 16.2 Å². The summed E-state index contributed by atoms with van der Waals surface area (Å²) in [5.41, 5.74) is 0.818. The Bertz CT molecular complexity index is 1030. The second-order valence-corrected chi connectivity index (χ2v) is 6.25. The molecule has 0 bridgehead atoms. The van der Waals surface area contributed by atoms with Gasteiger partial charge in [-0.15, -0.1) is 12.6 Å². The first-order chi connectivity index (χ1) is 13.0. The van der Waals surface area contributed by atoms with E-state index in [0.29, 0.717) is 10.6 Å². The van der Waals surface area contributed by atoms with Crippen LogP contribution in [0, 0.1) is 10.1 Å². The largest absolute Gasteiger partial charge is 0.451 e. The monoisotopic (exact) mass is 399 g/mol. The number of amides is 1. The summed E-state index contributed by atoms with van der Waals surface area (Å²) in [6.45, 7) is 0. The van der Waals surface area contributed by atoms with Gasteiger partial charge >= 0.3 is 0 Å². The molecule has 0 unspecified atom stereocenters. The van der Waals surface area contributed by atoms with Crippen LogP contribution in [-0.2, 0) is 0 Å². The molecule has 3 rings (SSSR count). The van der Waals surface area contributed by atoms with Crippen molar-refractivity contribution in [2.45, 2.75) is 4.90 Å². The number of nitrogens with one attached hydrogen (secondary N) is 2. The van der Waals surface area contributed by atoms with Crippen LogP contribution >= 0.6 is 24.8 Å². The van der Waals surface area contributed by atoms with Crippen LogP contribution in [0.3, 0.4) is 0 Å². The Morgan fingerprint density at radius 2 is 1.78 bits per heavy atom. The number of nitrogens with zero attached hydrogens (tertiary/aromatic N) is 1. The predicted octanol–water partition coefficient (Wildman–Crippen LogP) is 4.27. The quantitative estimate of drug-likeness (QED) is 0.262. The second kappa shape index (κ2) is 8.02. The normalized spacial score (nSPS) is 10.3. The molecule has 3 aromatic rings. The Morgan fingerprint density at radius 3 is 2.52 bits per heavy atom. The van der Waals surface area contributed by atoms with Crippen molar-refractivity contribution < 1.29 is 14.1 Å². The first-order valence-corrected chi connectivity index (χ1v) is 8.55. The van der Waals surface area contributed by atoms with Crippen LogP contribution in [0.4, 0.5) is 11.4 Å². The highest BCUT2D eigenvalue weighted by atomic mass is 32.1. The summed E-state index contributed by atoms with van der Waals surface area (Å²) < 4.78 is 5.48. The molecule has 1 amide bonds. The number of hydrogen-bond acceptors (Lipinski definition) is 6. The number of benzene rings is 2. The van der Waals surface area contributed by atoms with E-state index in [2.05, 4.69) is 23.3 Å². The Morgan fingerprint density at radius 1 is 1.07 bits per heavy atom. The zero-order valence-corrected chi connectivity index (χ0v) is 15.4. The lowest BCUT2D eigenvalue weighted by molar-refractivity contribution is -0.384. The molecule has 0 fully saturated rings. The van der Waals surface area contributed by atoms with Gasteiger partial charge in [-0.2, -0.15) is 0 Å². The summed E-state index contributed by atoms with van der Waals surface area (Å²) in [5.74, 6) is -0.382. The van der Waals surface area contributed by atoms with Crippen molar-refractivity contribution in [3.63, 3.8) is 0 Å². The highest BCUT2D eigenvalue weighted by molar-refractivity contribution is 7.81. The Hall–Kier alpha value is -3.17. The van der Waals surface area contributed by atoms with Gasteiger partial charge in [0.15, 0.2) is 10.9 Å².